The van der Waals surface area contributed by atoms with Crippen molar-refractivity contribution < 1.29 is 15.0 Å². The maximum atomic E-state index is 12.3. The van der Waals surface area contributed by atoms with Gasteiger partial charge in [0, 0.05) is 30.8 Å². The van der Waals surface area contributed by atoms with Gasteiger partial charge in [0.25, 0.3) is 5.91 Å². The largest absolute Gasteiger partial charge is 0.390 e. The lowest BCUT2D eigenvalue weighted by Crippen LogP contribution is -2.43. The molecule has 1 aromatic carbocycles. The minimum atomic E-state index is -1.00. The second-order valence-electron chi connectivity index (χ2n) is 7.09. The highest BCUT2D eigenvalue weighted by atomic mass is 16.3. The van der Waals surface area contributed by atoms with Crippen LogP contribution in [0, 0.1) is 5.92 Å². The molecule has 8 heteroatoms. The lowest BCUT2D eigenvalue weighted by atomic mass is 10.1. The van der Waals surface area contributed by atoms with Gasteiger partial charge < -0.3 is 20.4 Å². The van der Waals surface area contributed by atoms with Gasteiger partial charge >= 0.3 is 0 Å². The zero-order valence-corrected chi connectivity index (χ0v) is 15.0. The van der Waals surface area contributed by atoms with Crippen molar-refractivity contribution in [1.82, 2.24) is 25.2 Å². The fraction of sp³-hybridized carbons (Fsp3) is 0.500. The quantitative estimate of drug-likeness (QED) is 0.664. The zero-order chi connectivity index (χ0) is 18.7. The zero-order valence-electron chi connectivity index (χ0n) is 15.0. The third-order valence-corrected chi connectivity index (χ3v) is 4.64. The number of hydrogen-bond donors (Lipinski definition) is 3. The van der Waals surface area contributed by atoms with E-state index in [9.17, 15) is 15.0 Å². The van der Waals surface area contributed by atoms with Crippen molar-refractivity contribution in [2.75, 3.05) is 14.1 Å². The van der Waals surface area contributed by atoms with Crippen LogP contribution in [0.15, 0.2) is 36.5 Å². The summed E-state index contributed by atoms with van der Waals surface area (Å²) < 4.78 is 1.68. The molecular weight excluding hydrogens is 334 g/mol. The summed E-state index contributed by atoms with van der Waals surface area (Å²) in [5.41, 5.74) is 1.37. The van der Waals surface area contributed by atoms with Gasteiger partial charge in [-0.2, -0.15) is 0 Å². The number of carbonyl (C=O) groups is 1. The average Bonchev–Trinajstić information content (AvgIpc) is 3.15. The molecule has 0 saturated heterocycles. The summed E-state index contributed by atoms with van der Waals surface area (Å²) in [6.07, 6.45) is 0.397. The van der Waals surface area contributed by atoms with E-state index >= 15 is 0 Å². The molecule has 0 aliphatic heterocycles. The molecule has 1 heterocycles. The third kappa shape index (κ3) is 4.27. The molecule has 4 atom stereocenters. The highest BCUT2D eigenvalue weighted by Crippen LogP contribution is 2.28. The molecule has 0 unspecified atom stereocenters. The Morgan fingerprint density at radius 3 is 2.69 bits per heavy atom. The molecule has 0 bridgehead atoms. The first kappa shape index (κ1) is 18.5. The summed E-state index contributed by atoms with van der Waals surface area (Å²) in [6, 6.07) is 8.34. The Bertz CT molecular complexity index is 733. The van der Waals surface area contributed by atoms with Crippen LogP contribution in [0.1, 0.15) is 22.5 Å². The van der Waals surface area contributed by atoms with Gasteiger partial charge in [0.2, 0.25) is 0 Å². The number of nitrogens with zero attached hydrogens (tertiary/aromatic N) is 4. The van der Waals surface area contributed by atoms with Gasteiger partial charge in [0.1, 0.15) is 6.10 Å². The Labute approximate surface area is 152 Å². The lowest BCUT2D eigenvalue weighted by molar-refractivity contribution is 0.00762. The molecule has 8 nitrogen and oxygen atoms in total. The molecule has 2 aromatic rings. The van der Waals surface area contributed by atoms with Gasteiger partial charge in [-0.1, -0.05) is 23.4 Å². The van der Waals surface area contributed by atoms with Gasteiger partial charge in [-0.05, 0) is 32.6 Å². The number of aliphatic hydroxyl groups excluding tert-OH is 2. The minimum Gasteiger partial charge on any atom is -0.390 e. The Balaban J connectivity index is 1.60. The standard InChI is InChI=1S/C18H25N5O3/c1-22(2)10-14-11-23(21-20-14)9-13-8-15(17(25)16(13)24)19-18(26)12-6-4-3-5-7-12/h3-7,11,13,15-17,24-25H,8-10H2,1-2H3,(H,19,26)/t13-,15-,16-,17+/m1/s1. The van der Waals surface area contributed by atoms with E-state index in [0.717, 1.165) is 5.69 Å². The number of aromatic nitrogens is 3. The van der Waals surface area contributed by atoms with Crippen LogP contribution in [-0.4, -0.2) is 68.4 Å². The molecule has 1 amide bonds. The maximum absolute atomic E-state index is 12.3. The molecule has 1 saturated carbocycles. The average molecular weight is 359 g/mol. The van der Waals surface area contributed by atoms with Gasteiger partial charge in [-0.15, -0.1) is 5.10 Å². The van der Waals surface area contributed by atoms with Crippen LogP contribution >= 0.6 is 0 Å². The number of rotatable bonds is 6. The van der Waals surface area contributed by atoms with E-state index in [1.807, 2.05) is 31.3 Å². The Hall–Kier alpha value is -2.29. The van der Waals surface area contributed by atoms with Crippen molar-refractivity contribution in [3.63, 3.8) is 0 Å². The van der Waals surface area contributed by atoms with Gasteiger partial charge in [-0.25, -0.2) is 0 Å². The van der Waals surface area contributed by atoms with Crippen LogP contribution in [0.25, 0.3) is 0 Å². The van der Waals surface area contributed by atoms with Crippen molar-refractivity contribution in [2.45, 2.75) is 37.8 Å². The number of nitrogens with one attached hydrogen (secondary N) is 1. The maximum Gasteiger partial charge on any atom is 0.251 e. The highest BCUT2D eigenvalue weighted by molar-refractivity contribution is 5.94. The number of benzene rings is 1. The fourth-order valence-corrected chi connectivity index (χ4v) is 3.35. The van der Waals surface area contributed by atoms with Crippen molar-refractivity contribution >= 4 is 5.91 Å². The van der Waals surface area contributed by atoms with Crippen molar-refractivity contribution in [1.29, 1.82) is 0 Å². The van der Waals surface area contributed by atoms with Crippen LogP contribution in [-0.2, 0) is 13.1 Å². The van der Waals surface area contributed by atoms with Crippen molar-refractivity contribution in [2.24, 2.45) is 5.92 Å². The van der Waals surface area contributed by atoms with Crippen LogP contribution < -0.4 is 5.32 Å². The monoisotopic (exact) mass is 359 g/mol. The number of hydrogen-bond acceptors (Lipinski definition) is 6. The summed E-state index contributed by atoms with van der Waals surface area (Å²) in [7, 11) is 3.91. The summed E-state index contributed by atoms with van der Waals surface area (Å²) >= 11 is 0. The smallest absolute Gasteiger partial charge is 0.251 e. The molecule has 1 aliphatic carbocycles. The van der Waals surface area contributed by atoms with E-state index in [2.05, 4.69) is 15.6 Å². The summed E-state index contributed by atoms with van der Waals surface area (Å²) in [6.45, 7) is 1.13. The van der Waals surface area contributed by atoms with E-state index in [1.165, 1.54) is 0 Å². The second kappa shape index (κ2) is 7.94. The molecule has 0 spiro atoms. The first-order valence-corrected chi connectivity index (χ1v) is 8.70. The van der Waals surface area contributed by atoms with E-state index in [-0.39, 0.29) is 11.8 Å². The van der Waals surface area contributed by atoms with Crippen LogP contribution in [0.5, 0.6) is 0 Å². The SMILES string of the molecule is CN(C)Cc1cn(C[C@H]2C[C@@H](NC(=O)c3ccccc3)[C@H](O)[C@@H]2O)nn1. The molecule has 3 N–H and O–H groups in total. The number of aliphatic hydroxyl groups is 2. The second-order valence-corrected chi connectivity index (χ2v) is 7.09. The molecule has 140 valence electrons. The Morgan fingerprint density at radius 2 is 2.00 bits per heavy atom. The summed E-state index contributed by atoms with van der Waals surface area (Å²) in [4.78, 5) is 14.3. The first-order valence-electron chi connectivity index (χ1n) is 8.70. The topological polar surface area (TPSA) is 104 Å². The van der Waals surface area contributed by atoms with Gasteiger partial charge in [0.05, 0.1) is 17.8 Å². The van der Waals surface area contributed by atoms with Crippen LogP contribution in [0.4, 0.5) is 0 Å². The highest BCUT2D eigenvalue weighted by Gasteiger charge is 2.42. The lowest BCUT2D eigenvalue weighted by Gasteiger charge is -2.18. The van der Waals surface area contributed by atoms with Crippen molar-refractivity contribution in [3.8, 4) is 0 Å². The van der Waals surface area contributed by atoms with E-state index in [4.69, 9.17) is 0 Å². The molecule has 1 aromatic heterocycles. The normalized spacial score (nSPS) is 25.6. The van der Waals surface area contributed by atoms with Crippen molar-refractivity contribution in [3.05, 3.63) is 47.8 Å². The molecule has 1 fully saturated rings. The first-order chi connectivity index (χ1) is 12.4. The fourth-order valence-electron chi connectivity index (χ4n) is 3.35. The minimum absolute atomic E-state index is 0.208. The van der Waals surface area contributed by atoms with E-state index in [0.29, 0.717) is 25.1 Å². The third-order valence-electron chi connectivity index (χ3n) is 4.64. The predicted molar refractivity (Wildman–Crippen MR) is 95.2 cm³/mol. The molecular formula is C18H25N5O3. The number of carbonyl (C=O) groups excluding carboxylic acids is 1. The van der Waals surface area contributed by atoms with Crippen LogP contribution in [0.2, 0.25) is 0 Å². The molecule has 0 radical (unpaired) electrons. The molecule has 1 aliphatic rings. The predicted octanol–water partition coefficient (Wildman–Crippen LogP) is -0.120. The number of amides is 1. The van der Waals surface area contributed by atoms with Gasteiger partial charge in [0.15, 0.2) is 0 Å². The summed E-state index contributed by atoms with van der Waals surface area (Å²) in [5, 5.41) is 31.7. The Morgan fingerprint density at radius 1 is 1.27 bits per heavy atom. The van der Waals surface area contributed by atoms with Crippen LogP contribution in [0.3, 0.4) is 0 Å². The van der Waals surface area contributed by atoms with E-state index in [1.54, 1.807) is 28.9 Å². The molecule has 26 heavy (non-hydrogen) atoms. The Kier molecular flexibility index (Phi) is 5.65. The summed E-state index contributed by atoms with van der Waals surface area (Å²) in [5.74, 6) is -0.462. The van der Waals surface area contributed by atoms with E-state index < -0.39 is 18.2 Å². The van der Waals surface area contributed by atoms with Gasteiger partial charge in [-0.3, -0.25) is 9.48 Å². The molecule has 3 rings (SSSR count).